The highest BCUT2D eigenvalue weighted by atomic mass is 16.3. The van der Waals surface area contributed by atoms with Crippen LogP contribution in [0.15, 0.2) is 18.2 Å². The Bertz CT molecular complexity index is 368. The molecule has 0 amide bonds. The second kappa shape index (κ2) is 6.07. The zero-order valence-electron chi connectivity index (χ0n) is 11.3. The normalized spacial score (nSPS) is 13.6. The average molecular weight is 253 g/mol. The third-order valence-electron chi connectivity index (χ3n) is 3.48. The molecule has 0 fully saturated rings. The first-order chi connectivity index (χ1) is 8.40. The molecular weight excluding hydrogens is 230 g/mol. The zero-order valence-corrected chi connectivity index (χ0v) is 11.3. The van der Waals surface area contributed by atoms with Crippen LogP contribution in [-0.4, -0.2) is 27.5 Å². The number of aliphatic hydroxyl groups is 1. The van der Waals surface area contributed by atoms with Crippen LogP contribution in [0.1, 0.15) is 45.2 Å². The van der Waals surface area contributed by atoms with E-state index in [-0.39, 0.29) is 17.5 Å². The van der Waals surface area contributed by atoms with Crippen molar-refractivity contribution in [1.29, 1.82) is 0 Å². The molecule has 0 saturated heterocycles. The summed E-state index contributed by atoms with van der Waals surface area (Å²) in [6.45, 7) is 6.32. The van der Waals surface area contributed by atoms with Gasteiger partial charge in [-0.1, -0.05) is 13.8 Å². The molecule has 1 atom stereocenters. The maximum absolute atomic E-state index is 10.2. The molecule has 18 heavy (non-hydrogen) atoms. The van der Waals surface area contributed by atoms with Gasteiger partial charge in [-0.05, 0) is 37.5 Å². The second-order valence-corrected chi connectivity index (χ2v) is 4.82. The Labute approximate surface area is 108 Å². The molecule has 0 aromatic heterocycles. The molecule has 0 aliphatic heterocycles. The number of nitrogens with one attached hydrogen (secondary N) is 1. The SMILES string of the molecule is CCC(O)(CC)CNC(C)c1cc(O)cc(O)c1. The highest BCUT2D eigenvalue weighted by Gasteiger charge is 2.22. The number of phenols is 2. The van der Waals surface area contributed by atoms with Crippen LogP contribution in [0.25, 0.3) is 0 Å². The van der Waals surface area contributed by atoms with Crippen molar-refractivity contribution in [3.8, 4) is 11.5 Å². The molecule has 1 aromatic carbocycles. The fraction of sp³-hybridized carbons (Fsp3) is 0.571. The maximum atomic E-state index is 10.2. The van der Waals surface area contributed by atoms with Gasteiger partial charge in [0.25, 0.3) is 0 Å². The van der Waals surface area contributed by atoms with Gasteiger partial charge < -0.3 is 20.6 Å². The Morgan fingerprint density at radius 2 is 1.61 bits per heavy atom. The summed E-state index contributed by atoms with van der Waals surface area (Å²) in [6.07, 6.45) is 1.38. The first-order valence-electron chi connectivity index (χ1n) is 6.39. The summed E-state index contributed by atoms with van der Waals surface area (Å²) in [7, 11) is 0. The minimum atomic E-state index is -0.701. The monoisotopic (exact) mass is 253 g/mol. The van der Waals surface area contributed by atoms with E-state index in [1.54, 1.807) is 12.1 Å². The van der Waals surface area contributed by atoms with Crippen molar-refractivity contribution in [3.63, 3.8) is 0 Å². The van der Waals surface area contributed by atoms with Crippen LogP contribution in [0.4, 0.5) is 0 Å². The van der Waals surface area contributed by atoms with Gasteiger partial charge in [-0.25, -0.2) is 0 Å². The summed E-state index contributed by atoms with van der Waals surface area (Å²) in [5.74, 6) is 0.0831. The van der Waals surface area contributed by atoms with Gasteiger partial charge in [0, 0.05) is 18.7 Å². The van der Waals surface area contributed by atoms with Crippen LogP contribution in [0.5, 0.6) is 11.5 Å². The molecule has 1 aromatic rings. The minimum Gasteiger partial charge on any atom is -0.508 e. The molecule has 1 unspecified atom stereocenters. The molecule has 0 aliphatic carbocycles. The van der Waals surface area contributed by atoms with Crippen LogP contribution in [0.3, 0.4) is 0 Å². The van der Waals surface area contributed by atoms with Gasteiger partial charge in [0.2, 0.25) is 0 Å². The van der Waals surface area contributed by atoms with Crippen molar-refractivity contribution in [1.82, 2.24) is 5.32 Å². The second-order valence-electron chi connectivity index (χ2n) is 4.82. The van der Waals surface area contributed by atoms with E-state index in [4.69, 9.17) is 0 Å². The highest BCUT2D eigenvalue weighted by Crippen LogP contribution is 2.25. The molecule has 4 N–H and O–H groups in total. The number of phenolic OH excluding ortho intramolecular Hbond substituents is 2. The molecule has 0 heterocycles. The van der Waals surface area contributed by atoms with E-state index in [0.717, 1.165) is 5.56 Å². The Kier molecular flexibility index (Phi) is 4.99. The van der Waals surface area contributed by atoms with Gasteiger partial charge in [0.05, 0.1) is 5.60 Å². The van der Waals surface area contributed by atoms with Crippen molar-refractivity contribution in [3.05, 3.63) is 23.8 Å². The quantitative estimate of drug-likeness (QED) is 0.627. The molecule has 0 aliphatic rings. The summed E-state index contributed by atoms with van der Waals surface area (Å²) in [5, 5.41) is 32.2. The van der Waals surface area contributed by atoms with Crippen LogP contribution in [-0.2, 0) is 0 Å². The van der Waals surface area contributed by atoms with Crippen molar-refractivity contribution >= 4 is 0 Å². The summed E-state index contributed by atoms with van der Waals surface area (Å²) >= 11 is 0. The topological polar surface area (TPSA) is 72.7 Å². The van der Waals surface area contributed by atoms with Gasteiger partial charge in [-0.3, -0.25) is 0 Å². The average Bonchev–Trinajstić information content (AvgIpc) is 2.34. The van der Waals surface area contributed by atoms with Crippen molar-refractivity contribution < 1.29 is 15.3 Å². The van der Waals surface area contributed by atoms with Crippen molar-refractivity contribution in [2.75, 3.05) is 6.54 Å². The lowest BCUT2D eigenvalue weighted by atomic mass is 9.96. The summed E-state index contributed by atoms with van der Waals surface area (Å²) in [4.78, 5) is 0. The highest BCUT2D eigenvalue weighted by molar-refractivity contribution is 5.37. The van der Waals surface area contributed by atoms with E-state index >= 15 is 0 Å². The molecular formula is C14H23NO3. The Hall–Kier alpha value is -1.26. The lowest BCUT2D eigenvalue weighted by molar-refractivity contribution is 0.0303. The van der Waals surface area contributed by atoms with E-state index in [1.807, 2.05) is 20.8 Å². The fourth-order valence-electron chi connectivity index (χ4n) is 1.83. The van der Waals surface area contributed by atoms with Gasteiger partial charge in [-0.15, -0.1) is 0 Å². The van der Waals surface area contributed by atoms with Gasteiger partial charge >= 0.3 is 0 Å². The van der Waals surface area contributed by atoms with Crippen LogP contribution >= 0.6 is 0 Å². The summed E-state index contributed by atoms with van der Waals surface area (Å²) in [6, 6.07) is 4.46. The molecule has 1 rings (SSSR count). The Balaban J connectivity index is 2.68. The maximum Gasteiger partial charge on any atom is 0.119 e. The first kappa shape index (κ1) is 14.8. The number of hydrogen-bond acceptors (Lipinski definition) is 4. The van der Waals surface area contributed by atoms with E-state index in [2.05, 4.69) is 5.32 Å². The number of benzene rings is 1. The van der Waals surface area contributed by atoms with Crippen molar-refractivity contribution in [2.24, 2.45) is 0 Å². The van der Waals surface area contributed by atoms with E-state index in [1.165, 1.54) is 6.07 Å². The molecule has 4 heteroatoms. The minimum absolute atomic E-state index is 0.0416. The smallest absolute Gasteiger partial charge is 0.119 e. The third kappa shape index (κ3) is 3.89. The summed E-state index contributed by atoms with van der Waals surface area (Å²) in [5.41, 5.74) is 0.0923. The van der Waals surface area contributed by atoms with Crippen molar-refractivity contribution in [2.45, 2.75) is 45.3 Å². The zero-order chi connectivity index (χ0) is 13.8. The van der Waals surface area contributed by atoms with E-state index in [9.17, 15) is 15.3 Å². The van der Waals surface area contributed by atoms with Gasteiger partial charge in [0.15, 0.2) is 0 Å². The Morgan fingerprint density at radius 3 is 2.06 bits per heavy atom. The third-order valence-corrected chi connectivity index (χ3v) is 3.48. The van der Waals surface area contributed by atoms with Crippen LogP contribution < -0.4 is 5.32 Å². The van der Waals surface area contributed by atoms with Crippen LogP contribution in [0.2, 0.25) is 0 Å². The number of hydrogen-bond donors (Lipinski definition) is 4. The molecule has 102 valence electrons. The molecule has 0 saturated carbocycles. The number of aromatic hydroxyl groups is 2. The molecule has 4 nitrogen and oxygen atoms in total. The van der Waals surface area contributed by atoms with Crippen LogP contribution in [0, 0.1) is 0 Å². The van der Waals surface area contributed by atoms with Gasteiger partial charge in [-0.2, -0.15) is 0 Å². The van der Waals surface area contributed by atoms with E-state index < -0.39 is 5.60 Å². The summed E-state index contributed by atoms with van der Waals surface area (Å²) < 4.78 is 0. The Morgan fingerprint density at radius 1 is 1.11 bits per heavy atom. The molecule has 0 radical (unpaired) electrons. The predicted molar refractivity (Wildman–Crippen MR) is 71.7 cm³/mol. The number of rotatable bonds is 6. The lowest BCUT2D eigenvalue weighted by Crippen LogP contribution is -2.40. The first-order valence-corrected chi connectivity index (χ1v) is 6.39. The lowest BCUT2D eigenvalue weighted by Gasteiger charge is -2.27. The van der Waals surface area contributed by atoms with Gasteiger partial charge in [0.1, 0.15) is 11.5 Å². The standard InChI is InChI=1S/C14H23NO3/c1-4-14(18,5-2)9-15-10(3)11-6-12(16)8-13(17)7-11/h6-8,10,15-18H,4-5,9H2,1-3H3. The largest absolute Gasteiger partial charge is 0.508 e. The predicted octanol–water partition coefficient (Wildman–Crippen LogP) is 2.30. The fourth-order valence-corrected chi connectivity index (χ4v) is 1.83. The van der Waals surface area contributed by atoms with E-state index in [0.29, 0.717) is 19.4 Å². The molecule has 0 spiro atoms. The molecule has 0 bridgehead atoms.